The van der Waals surface area contributed by atoms with E-state index in [1.165, 1.54) is 31.0 Å². The maximum Gasteiger partial charge on any atom is 0.251 e. The van der Waals surface area contributed by atoms with Crippen LogP contribution in [0.15, 0.2) is 41.3 Å². The number of aromatic amines is 1. The molecule has 0 unspecified atom stereocenters. The molecule has 4 rings (SSSR count). The van der Waals surface area contributed by atoms with E-state index in [1.54, 1.807) is 32.2 Å². The second-order valence-electron chi connectivity index (χ2n) is 8.94. The van der Waals surface area contributed by atoms with Crippen LogP contribution in [0.3, 0.4) is 0 Å². The van der Waals surface area contributed by atoms with Gasteiger partial charge in [0.05, 0.1) is 22.9 Å². The number of ether oxygens (including phenoxy) is 1. The third-order valence-corrected chi connectivity index (χ3v) is 5.96. The predicted molar refractivity (Wildman–Crippen MR) is 123 cm³/mol. The van der Waals surface area contributed by atoms with Crippen LogP contribution in [0.4, 0.5) is 4.39 Å². The van der Waals surface area contributed by atoms with E-state index in [-0.39, 0.29) is 28.4 Å². The molecule has 172 valence electrons. The quantitative estimate of drug-likeness (QED) is 0.514. The lowest BCUT2D eigenvalue weighted by molar-refractivity contribution is -0.125. The Morgan fingerprint density at radius 1 is 1.30 bits per heavy atom. The summed E-state index contributed by atoms with van der Waals surface area (Å²) in [4.78, 5) is 35.3. The summed E-state index contributed by atoms with van der Waals surface area (Å²) in [5.74, 6) is -0.141. The molecule has 1 saturated carbocycles. The van der Waals surface area contributed by atoms with Gasteiger partial charge in [0.1, 0.15) is 11.6 Å². The summed E-state index contributed by atoms with van der Waals surface area (Å²) < 4.78 is 21.1. The van der Waals surface area contributed by atoms with E-state index >= 15 is 4.39 Å². The van der Waals surface area contributed by atoms with Crippen molar-refractivity contribution >= 4 is 17.5 Å². The van der Waals surface area contributed by atoms with E-state index < -0.39 is 22.7 Å². The highest BCUT2D eigenvalue weighted by Gasteiger charge is 2.28. The molecule has 0 saturated heterocycles. The Labute approximate surface area is 195 Å². The van der Waals surface area contributed by atoms with Crippen molar-refractivity contribution < 1.29 is 13.9 Å². The standard InChI is InChI=1S/C24H24ClFN4O3/c1-24(2,23(27)32)10-14-5-7-16(25)20(21(14)26)22-29-17(9-18(31)30-22)15-6-8-19(28-11-15)33-12-13-3-4-13/h5-9,11,13H,3-4,10,12H2,1-2H3,(H2,27,32)(H,29,30,31). The first kappa shape index (κ1) is 22.9. The minimum atomic E-state index is -0.969. The van der Waals surface area contributed by atoms with Gasteiger partial charge in [0.2, 0.25) is 11.8 Å². The molecular weight excluding hydrogens is 447 g/mol. The SMILES string of the molecule is CC(C)(Cc1ccc(Cl)c(-c2nc(-c3ccc(OCC4CC4)nc3)cc(=O)[nH]2)c1F)C(N)=O. The van der Waals surface area contributed by atoms with Crippen LogP contribution < -0.4 is 16.0 Å². The second kappa shape index (κ2) is 8.94. The van der Waals surface area contributed by atoms with Crippen LogP contribution in [0, 0.1) is 17.2 Å². The number of aromatic nitrogens is 3. The number of nitrogens with zero attached hydrogens (tertiary/aromatic N) is 2. The van der Waals surface area contributed by atoms with Gasteiger partial charge in [-0.25, -0.2) is 14.4 Å². The zero-order valence-electron chi connectivity index (χ0n) is 18.3. The highest BCUT2D eigenvalue weighted by molar-refractivity contribution is 6.33. The molecule has 3 N–H and O–H groups in total. The number of primary amides is 1. The maximum absolute atomic E-state index is 15.5. The molecule has 9 heteroatoms. The van der Waals surface area contributed by atoms with Gasteiger partial charge >= 0.3 is 0 Å². The molecule has 1 aromatic carbocycles. The molecule has 1 aliphatic rings. The van der Waals surface area contributed by atoms with Crippen LogP contribution in [-0.2, 0) is 11.2 Å². The summed E-state index contributed by atoms with van der Waals surface area (Å²) >= 11 is 6.28. The Bertz CT molecular complexity index is 1250. The number of hydrogen-bond acceptors (Lipinski definition) is 5. The van der Waals surface area contributed by atoms with Gasteiger partial charge in [-0.05, 0) is 42.9 Å². The van der Waals surface area contributed by atoms with Gasteiger partial charge < -0.3 is 15.5 Å². The third-order valence-electron chi connectivity index (χ3n) is 5.64. The number of amides is 1. The monoisotopic (exact) mass is 470 g/mol. The second-order valence-corrected chi connectivity index (χ2v) is 9.35. The fraction of sp³-hybridized carbons (Fsp3) is 0.333. The fourth-order valence-corrected chi connectivity index (χ4v) is 3.58. The molecule has 1 aliphatic carbocycles. The number of carbonyl (C=O) groups is 1. The first-order chi connectivity index (χ1) is 15.6. The van der Waals surface area contributed by atoms with Crippen molar-refractivity contribution in [3.8, 4) is 28.5 Å². The number of pyridine rings is 1. The van der Waals surface area contributed by atoms with Crippen LogP contribution in [0.1, 0.15) is 32.3 Å². The van der Waals surface area contributed by atoms with E-state index in [2.05, 4.69) is 15.0 Å². The summed E-state index contributed by atoms with van der Waals surface area (Å²) in [5, 5.41) is 0.0791. The van der Waals surface area contributed by atoms with E-state index in [4.69, 9.17) is 22.1 Å². The predicted octanol–water partition coefficient (Wildman–Crippen LogP) is 4.13. The summed E-state index contributed by atoms with van der Waals surface area (Å²) in [5.41, 5.74) is 5.07. The highest BCUT2D eigenvalue weighted by atomic mass is 35.5. The van der Waals surface area contributed by atoms with Crippen LogP contribution >= 0.6 is 11.6 Å². The van der Waals surface area contributed by atoms with Crippen molar-refractivity contribution in [3.63, 3.8) is 0 Å². The van der Waals surface area contributed by atoms with Gasteiger partial charge in [-0.3, -0.25) is 9.59 Å². The lowest BCUT2D eigenvalue weighted by atomic mass is 9.84. The molecule has 1 fully saturated rings. The van der Waals surface area contributed by atoms with Crippen molar-refractivity contribution in [1.29, 1.82) is 0 Å². The average molecular weight is 471 g/mol. The maximum atomic E-state index is 15.5. The average Bonchev–Trinajstić information content (AvgIpc) is 3.59. The van der Waals surface area contributed by atoms with Crippen molar-refractivity contribution in [2.45, 2.75) is 33.1 Å². The number of rotatable bonds is 8. The Hall–Kier alpha value is -3.26. The van der Waals surface area contributed by atoms with Crippen LogP contribution in [-0.4, -0.2) is 27.5 Å². The Morgan fingerprint density at radius 2 is 2.06 bits per heavy atom. The number of halogens is 2. The van der Waals surface area contributed by atoms with Crippen LogP contribution in [0.2, 0.25) is 5.02 Å². The Kier molecular flexibility index (Phi) is 6.21. The number of nitrogens with one attached hydrogen (secondary N) is 1. The molecule has 0 aliphatic heterocycles. The number of H-pyrrole nitrogens is 1. The molecule has 1 amide bonds. The topological polar surface area (TPSA) is 111 Å². The third kappa shape index (κ3) is 5.22. The summed E-state index contributed by atoms with van der Waals surface area (Å²) in [6.07, 6.45) is 3.97. The number of nitrogens with two attached hydrogens (primary N) is 1. The molecule has 33 heavy (non-hydrogen) atoms. The van der Waals surface area contributed by atoms with E-state index in [9.17, 15) is 9.59 Å². The van der Waals surface area contributed by atoms with Gasteiger partial charge in [-0.2, -0.15) is 0 Å². The van der Waals surface area contributed by atoms with E-state index in [0.29, 0.717) is 29.7 Å². The molecule has 3 aromatic rings. The lowest BCUT2D eigenvalue weighted by Crippen LogP contribution is -2.33. The summed E-state index contributed by atoms with van der Waals surface area (Å²) in [7, 11) is 0. The molecule has 7 nitrogen and oxygen atoms in total. The molecule has 0 spiro atoms. The minimum Gasteiger partial charge on any atom is -0.477 e. The Morgan fingerprint density at radius 3 is 2.70 bits per heavy atom. The largest absolute Gasteiger partial charge is 0.477 e. The number of carbonyl (C=O) groups excluding carboxylic acids is 1. The molecule has 2 aromatic heterocycles. The fourth-order valence-electron chi connectivity index (χ4n) is 3.34. The first-order valence-corrected chi connectivity index (χ1v) is 11.0. The summed E-state index contributed by atoms with van der Waals surface area (Å²) in [6, 6.07) is 7.76. The molecule has 0 radical (unpaired) electrons. The van der Waals surface area contributed by atoms with Crippen molar-refractivity contribution in [2.75, 3.05) is 6.61 Å². The van der Waals surface area contributed by atoms with Gasteiger partial charge in [0.15, 0.2) is 0 Å². The van der Waals surface area contributed by atoms with Crippen LogP contribution in [0.5, 0.6) is 5.88 Å². The number of benzene rings is 1. The van der Waals surface area contributed by atoms with Crippen molar-refractivity contribution in [2.24, 2.45) is 17.1 Å². The van der Waals surface area contributed by atoms with Gasteiger partial charge in [0.25, 0.3) is 5.56 Å². The zero-order valence-corrected chi connectivity index (χ0v) is 19.1. The first-order valence-electron chi connectivity index (χ1n) is 10.6. The normalized spacial score (nSPS) is 13.7. The zero-order chi connectivity index (χ0) is 23.8. The Balaban J connectivity index is 1.68. The van der Waals surface area contributed by atoms with Crippen LogP contribution in [0.25, 0.3) is 22.6 Å². The highest BCUT2D eigenvalue weighted by Crippen LogP contribution is 2.34. The van der Waals surface area contributed by atoms with Gasteiger partial charge in [0, 0.05) is 29.3 Å². The van der Waals surface area contributed by atoms with E-state index in [1.807, 2.05) is 0 Å². The molecule has 0 atom stereocenters. The lowest BCUT2D eigenvalue weighted by Gasteiger charge is -2.21. The summed E-state index contributed by atoms with van der Waals surface area (Å²) in [6.45, 7) is 3.91. The number of hydrogen-bond donors (Lipinski definition) is 2. The van der Waals surface area contributed by atoms with Gasteiger partial charge in [-0.15, -0.1) is 0 Å². The van der Waals surface area contributed by atoms with Crippen molar-refractivity contribution in [3.05, 3.63) is 63.3 Å². The molecule has 2 heterocycles. The van der Waals surface area contributed by atoms with E-state index in [0.717, 1.165) is 0 Å². The van der Waals surface area contributed by atoms with Crippen molar-refractivity contribution in [1.82, 2.24) is 15.0 Å². The smallest absolute Gasteiger partial charge is 0.251 e. The molecule has 0 bridgehead atoms. The van der Waals surface area contributed by atoms with Gasteiger partial charge in [-0.1, -0.05) is 31.5 Å². The minimum absolute atomic E-state index is 0.0206. The molecular formula is C24H24ClFN4O3.